The van der Waals surface area contributed by atoms with Gasteiger partial charge in [-0.25, -0.2) is 38.4 Å². The van der Waals surface area contributed by atoms with E-state index in [0.717, 1.165) is 0 Å². The van der Waals surface area contributed by atoms with Crippen LogP contribution < -0.4 is 63.7 Å². The maximum atomic E-state index is 11.6. The van der Waals surface area contributed by atoms with Crippen LogP contribution in [0.2, 0.25) is 5.02 Å². The number of nitrogens with one attached hydrogen (secondary N) is 5. The van der Waals surface area contributed by atoms with E-state index in [-0.39, 0.29) is 49.9 Å². The monoisotopic (exact) mass is 1230 g/mol. The number of aromatic nitrogens is 1. The molecule has 0 fully saturated rings. The van der Waals surface area contributed by atoms with Gasteiger partial charge >= 0.3 is 48.3 Å². The van der Waals surface area contributed by atoms with Crippen LogP contribution in [0.25, 0.3) is 0 Å². The van der Waals surface area contributed by atoms with Crippen molar-refractivity contribution in [3.8, 4) is 17.2 Å². The highest BCUT2D eigenvalue weighted by Crippen LogP contribution is 2.26. The first-order valence-electron chi connectivity index (χ1n) is 26.1. The average molecular weight is 1230 g/mol. The van der Waals surface area contributed by atoms with E-state index in [4.69, 9.17) is 88.1 Å². The number of para-hydroxylation sites is 4. The number of amides is 4. The molecule has 0 aliphatic heterocycles. The number of nitrogen functional groups attached to an aromatic ring is 4. The van der Waals surface area contributed by atoms with Crippen molar-refractivity contribution in [1.82, 2.24) is 26.3 Å². The SMILES string of the molecule is CC(C)(C)OC(=O)N[C@@H](CCOc1ccccc1N)C(=O)O.CC(C)(C)OC(=O)N[C@@H](CNc1ccccc1N)C(=O)O.CC(C)(C)OC(=O)N[C@@H](COc1ccc(Cl)cc1N)C(=O)O.CC(C)(C)OC(=O)N[C@@H](COc1ccncc1N)C(=O)O. The minimum absolute atomic E-state index is 0.0111. The van der Waals surface area contributed by atoms with E-state index in [9.17, 15) is 38.4 Å². The number of nitrogens with two attached hydrogens (primary N) is 4. The normalized spacial score (nSPS) is 12.3. The summed E-state index contributed by atoms with van der Waals surface area (Å²) in [6.07, 6.45) is -0.302. The molecule has 4 aromatic rings. The molecule has 1 aromatic heterocycles. The van der Waals surface area contributed by atoms with Gasteiger partial charge in [-0.2, -0.15) is 0 Å². The zero-order chi connectivity index (χ0) is 65.8. The smallest absolute Gasteiger partial charge is 0.408 e. The van der Waals surface area contributed by atoms with Gasteiger partial charge < -0.3 is 103 Å². The van der Waals surface area contributed by atoms with Gasteiger partial charge in [0, 0.05) is 30.3 Å². The van der Waals surface area contributed by atoms with Gasteiger partial charge in [-0.3, -0.25) is 4.98 Å². The lowest BCUT2D eigenvalue weighted by atomic mass is 10.2. The van der Waals surface area contributed by atoms with Crippen molar-refractivity contribution in [1.29, 1.82) is 0 Å². The second-order valence-corrected chi connectivity index (χ2v) is 22.4. The lowest BCUT2D eigenvalue weighted by Crippen LogP contribution is -2.47. The van der Waals surface area contributed by atoms with E-state index < -0.39 is 94.8 Å². The number of hydrogen-bond acceptors (Lipinski definition) is 21. The molecular formula is C56H81ClN10O19. The van der Waals surface area contributed by atoms with E-state index in [2.05, 4.69) is 31.6 Å². The number of anilines is 5. The highest BCUT2D eigenvalue weighted by atomic mass is 35.5. The van der Waals surface area contributed by atoms with Gasteiger partial charge in [0.25, 0.3) is 0 Å². The summed E-state index contributed by atoms with van der Waals surface area (Å²) in [5.41, 5.74) is 22.1. The molecule has 0 unspecified atom stereocenters. The standard InChI is InChI=1S/C15H22N2O5.C14H19ClN2O5.C14H21N3O4.C13H19N3O5/c1-15(2,3)22-14(20)17-11(13(18)19)8-9-21-12-7-5-4-6-10(12)16;1-14(2,3)22-13(20)17-10(12(18)19)7-21-11-5-4-8(15)6-9(11)16;1-14(2,3)21-13(20)17-11(12(18)19)8-16-10-7-5-4-6-9(10)15;1-13(2,3)21-12(19)16-9(11(17)18)7-20-10-4-5-15-6-8(10)14/h4-7,11H,8-9,16H2,1-3H3,(H,17,20)(H,18,19);4-6,10H,7,16H2,1-3H3,(H,17,20)(H,18,19);4-7,11,16H,8,15H2,1-3H3,(H,17,20)(H,18,19);4-6,9H,7,14H2,1-3H3,(H,16,19)(H,17,18)/t11-;10-;11-;9-/m0000/s1. The largest absolute Gasteiger partial charge is 0.491 e. The molecule has 0 aliphatic carbocycles. The molecule has 4 rings (SSSR count). The molecule has 476 valence electrons. The Morgan fingerprint density at radius 1 is 0.477 bits per heavy atom. The highest BCUT2D eigenvalue weighted by Gasteiger charge is 2.28. The maximum Gasteiger partial charge on any atom is 0.408 e. The van der Waals surface area contributed by atoms with Crippen molar-refractivity contribution in [3.05, 3.63) is 90.2 Å². The Morgan fingerprint density at radius 2 is 0.860 bits per heavy atom. The van der Waals surface area contributed by atoms with Crippen LogP contribution in [-0.2, 0) is 38.1 Å². The van der Waals surface area contributed by atoms with E-state index >= 15 is 0 Å². The molecule has 0 bridgehead atoms. The fourth-order valence-electron chi connectivity index (χ4n) is 5.90. The Labute approximate surface area is 503 Å². The van der Waals surface area contributed by atoms with E-state index in [0.29, 0.717) is 33.6 Å². The number of benzene rings is 3. The molecular weight excluding hydrogens is 1150 g/mol. The van der Waals surface area contributed by atoms with Crippen molar-refractivity contribution >= 4 is 88.3 Å². The van der Waals surface area contributed by atoms with Crippen LogP contribution in [0.4, 0.5) is 47.6 Å². The number of carbonyl (C=O) groups excluding carboxylic acids is 4. The number of rotatable bonds is 21. The van der Waals surface area contributed by atoms with E-state index in [1.165, 1.54) is 30.6 Å². The number of pyridine rings is 1. The Morgan fingerprint density at radius 3 is 1.26 bits per heavy atom. The third kappa shape index (κ3) is 33.5. The molecule has 29 nitrogen and oxygen atoms in total. The van der Waals surface area contributed by atoms with Crippen molar-refractivity contribution in [3.63, 3.8) is 0 Å². The van der Waals surface area contributed by atoms with Crippen molar-refractivity contribution in [2.24, 2.45) is 0 Å². The second-order valence-electron chi connectivity index (χ2n) is 22.0. The number of ether oxygens (including phenoxy) is 7. The lowest BCUT2D eigenvalue weighted by Gasteiger charge is -2.22. The number of hydrogen-bond donors (Lipinski definition) is 13. The molecule has 0 radical (unpaired) electrons. The molecule has 0 spiro atoms. The Kier molecular flexibility index (Phi) is 30.2. The number of alkyl carbamates (subject to hydrolysis) is 4. The first-order valence-corrected chi connectivity index (χ1v) is 26.5. The maximum absolute atomic E-state index is 11.6. The molecule has 0 saturated carbocycles. The van der Waals surface area contributed by atoms with Crippen LogP contribution in [0.15, 0.2) is 85.2 Å². The van der Waals surface area contributed by atoms with Gasteiger partial charge in [-0.1, -0.05) is 35.9 Å². The third-order valence-corrected chi connectivity index (χ3v) is 9.82. The molecule has 86 heavy (non-hydrogen) atoms. The first kappa shape index (κ1) is 74.5. The Hall–Kier alpha value is -9.54. The van der Waals surface area contributed by atoms with Crippen LogP contribution in [0.3, 0.4) is 0 Å². The van der Waals surface area contributed by atoms with Crippen LogP contribution in [0, 0.1) is 0 Å². The van der Waals surface area contributed by atoms with Gasteiger partial charge in [-0.15, -0.1) is 0 Å². The zero-order valence-corrected chi connectivity index (χ0v) is 50.7. The van der Waals surface area contributed by atoms with Crippen molar-refractivity contribution in [2.75, 3.05) is 54.6 Å². The van der Waals surface area contributed by atoms with Crippen LogP contribution >= 0.6 is 11.6 Å². The minimum Gasteiger partial charge on any atom is -0.491 e. The Bertz CT molecular complexity index is 2780. The summed E-state index contributed by atoms with van der Waals surface area (Å²) in [7, 11) is 0. The van der Waals surface area contributed by atoms with E-state index in [1.54, 1.807) is 138 Å². The van der Waals surface area contributed by atoms with Gasteiger partial charge in [-0.05, 0) is 126 Å². The zero-order valence-electron chi connectivity index (χ0n) is 50.0. The Balaban J connectivity index is 0.000000573. The number of carboxylic acid groups (broad SMARTS) is 4. The van der Waals surface area contributed by atoms with Gasteiger partial charge in [0.1, 0.15) is 65.0 Å². The minimum atomic E-state index is -1.27. The molecule has 30 heteroatoms. The number of aliphatic carboxylic acids is 4. The van der Waals surface area contributed by atoms with Gasteiger partial charge in [0.05, 0.1) is 41.2 Å². The molecule has 4 atom stereocenters. The number of carboxylic acids is 4. The molecule has 17 N–H and O–H groups in total. The summed E-state index contributed by atoms with van der Waals surface area (Å²) in [5.74, 6) is -3.77. The predicted octanol–water partition coefficient (Wildman–Crippen LogP) is 6.97. The van der Waals surface area contributed by atoms with Crippen LogP contribution in [-0.4, -0.2) is 147 Å². The summed E-state index contributed by atoms with van der Waals surface area (Å²) in [4.78, 5) is 94.8. The number of nitrogens with zero attached hydrogens (tertiary/aromatic N) is 1. The number of halogens is 1. The molecule has 4 amide bonds. The molecule has 1 heterocycles. The fourth-order valence-corrected chi connectivity index (χ4v) is 6.08. The molecule has 0 aliphatic rings. The van der Waals surface area contributed by atoms with Gasteiger partial charge in [0.15, 0.2) is 12.1 Å². The summed E-state index contributed by atoms with van der Waals surface area (Å²) in [6, 6.07) is 15.2. The lowest BCUT2D eigenvalue weighted by molar-refractivity contribution is -0.141. The molecule has 3 aromatic carbocycles. The summed E-state index contributed by atoms with van der Waals surface area (Å²) < 4.78 is 36.1. The fraction of sp³-hybridized carbons (Fsp3) is 0.446. The molecule has 0 saturated heterocycles. The van der Waals surface area contributed by atoms with Crippen LogP contribution in [0.1, 0.15) is 89.5 Å². The predicted molar refractivity (Wildman–Crippen MR) is 319 cm³/mol. The summed E-state index contributed by atoms with van der Waals surface area (Å²) in [5, 5.41) is 48.8. The van der Waals surface area contributed by atoms with E-state index in [1.807, 2.05) is 0 Å². The van der Waals surface area contributed by atoms with Gasteiger partial charge in [0.2, 0.25) is 0 Å². The first-order chi connectivity index (χ1) is 39.6. The summed E-state index contributed by atoms with van der Waals surface area (Å²) >= 11 is 5.76. The van der Waals surface area contributed by atoms with Crippen molar-refractivity contribution in [2.45, 2.75) is 136 Å². The topological polar surface area (TPSA) is 459 Å². The van der Waals surface area contributed by atoms with Crippen LogP contribution in [0.5, 0.6) is 17.2 Å². The quantitative estimate of drug-likeness (QED) is 0.0296. The average Bonchev–Trinajstić information content (AvgIpc) is 3.14. The third-order valence-electron chi connectivity index (χ3n) is 9.59. The number of carbonyl (C=O) groups is 8. The highest BCUT2D eigenvalue weighted by molar-refractivity contribution is 6.30. The van der Waals surface area contributed by atoms with Crippen molar-refractivity contribution < 1.29 is 91.9 Å². The summed E-state index contributed by atoms with van der Waals surface area (Å²) in [6.45, 7) is 19.7. The second kappa shape index (κ2) is 34.9.